The van der Waals surface area contributed by atoms with Crippen LogP contribution in [0, 0.1) is 11.2 Å². The van der Waals surface area contributed by atoms with E-state index < -0.39 is 16.0 Å². The van der Waals surface area contributed by atoms with E-state index in [9.17, 15) is 17.6 Å². The van der Waals surface area contributed by atoms with Crippen molar-refractivity contribution < 1.29 is 31.8 Å². The monoisotopic (exact) mass is 703 g/mol. The normalized spacial score (nSPS) is 24.4. The van der Waals surface area contributed by atoms with Crippen molar-refractivity contribution in [3.63, 3.8) is 0 Å². The first kappa shape index (κ1) is 35.9. The number of carbonyl (C=O) groups is 1. The number of nitrogens with one attached hydrogen (secondary N) is 1. The summed E-state index contributed by atoms with van der Waals surface area (Å²) in [5.41, 5.74) is 0.338. The first-order valence-corrected chi connectivity index (χ1v) is 18.9. The number of nitrogens with zero attached hydrogens (tertiary/aromatic N) is 6. The minimum absolute atomic E-state index is 0.0771. The lowest BCUT2D eigenvalue weighted by Crippen LogP contribution is -2.61. The van der Waals surface area contributed by atoms with Gasteiger partial charge in [-0.15, -0.1) is 0 Å². The van der Waals surface area contributed by atoms with Crippen LogP contribution in [0.25, 0.3) is 0 Å². The number of anilines is 1. The predicted octanol–water partition coefficient (Wildman–Crippen LogP) is 3.28. The summed E-state index contributed by atoms with van der Waals surface area (Å²) in [6.45, 7) is 12.0. The zero-order valence-corrected chi connectivity index (χ0v) is 29.8. The summed E-state index contributed by atoms with van der Waals surface area (Å²) in [5, 5.41) is 0. The quantitative estimate of drug-likeness (QED) is 0.352. The second-order valence-corrected chi connectivity index (χ2v) is 16.0. The number of likely N-dealkylation sites (tertiary alicyclic amines) is 1. The Morgan fingerprint density at radius 1 is 1.16 bits per heavy atom. The highest BCUT2D eigenvalue weighted by Crippen LogP contribution is 2.45. The lowest BCUT2D eigenvalue weighted by Gasteiger charge is -2.54. The number of halogens is 1. The SMILES string of the molecule is CCN(C)S(=O)(=O)N[C@@H]1CC[C@@H](CN2CCC3(CC2)CN(c2ncncc2Oc2ccc(F)cc2C(=O)N(C(C)C)[C@H]2CCOC2)C3)OC1. The fourth-order valence-electron chi connectivity index (χ4n) is 7.44. The number of rotatable bonds is 12. The maximum absolute atomic E-state index is 14.5. The van der Waals surface area contributed by atoms with Crippen molar-refractivity contribution in [1.82, 2.24) is 28.8 Å². The lowest BCUT2D eigenvalue weighted by molar-refractivity contribution is -0.0300. The van der Waals surface area contributed by atoms with Crippen LogP contribution in [0.4, 0.5) is 10.2 Å². The Labute approximate surface area is 289 Å². The van der Waals surface area contributed by atoms with Gasteiger partial charge in [0.15, 0.2) is 11.6 Å². The minimum Gasteiger partial charge on any atom is -0.451 e. The molecule has 6 rings (SSSR count). The summed E-state index contributed by atoms with van der Waals surface area (Å²) in [6, 6.07) is 3.66. The number of ether oxygens (including phenoxy) is 3. The fraction of sp³-hybridized carbons (Fsp3) is 0.676. The molecule has 4 aliphatic rings. The van der Waals surface area contributed by atoms with Gasteiger partial charge in [0.2, 0.25) is 0 Å². The van der Waals surface area contributed by atoms with Crippen LogP contribution in [0.3, 0.4) is 0 Å². The van der Waals surface area contributed by atoms with Crippen LogP contribution in [0.15, 0.2) is 30.7 Å². The van der Waals surface area contributed by atoms with Crippen molar-refractivity contribution in [2.45, 2.75) is 77.1 Å². The molecule has 49 heavy (non-hydrogen) atoms. The van der Waals surface area contributed by atoms with Crippen LogP contribution in [-0.2, 0) is 19.7 Å². The Balaban J connectivity index is 1.03. The van der Waals surface area contributed by atoms with E-state index in [1.54, 1.807) is 18.1 Å². The van der Waals surface area contributed by atoms with Crippen molar-refractivity contribution in [2.24, 2.45) is 5.41 Å². The van der Waals surface area contributed by atoms with Crippen LogP contribution in [0.2, 0.25) is 0 Å². The summed E-state index contributed by atoms with van der Waals surface area (Å²) in [5.74, 6) is 0.534. The number of hydrogen-bond acceptors (Lipinski definition) is 10. The molecule has 15 heteroatoms. The number of amides is 1. The molecule has 1 aromatic heterocycles. The highest BCUT2D eigenvalue weighted by molar-refractivity contribution is 7.87. The standard InChI is InChI=1S/C34H50FN7O6S/c1-5-39(4)49(44,45)38-26-7-8-28(47-19-26)18-40-13-11-34(12-14-40)21-41(22-34)32-31(17-36-23-37-32)48-30-9-6-25(35)16-29(30)33(43)42(24(2)3)27-10-15-46-20-27/h6,9,16-17,23-24,26-28,38H,5,7-8,10-15,18-22H2,1-4H3/t26-,27+,28+/m1/s1. The largest absolute Gasteiger partial charge is 0.451 e. The second kappa shape index (κ2) is 15.1. The van der Waals surface area contributed by atoms with Gasteiger partial charge in [0, 0.05) is 57.3 Å². The third kappa shape index (κ3) is 8.18. The summed E-state index contributed by atoms with van der Waals surface area (Å²) >= 11 is 0. The van der Waals surface area contributed by atoms with Gasteiger partial charge in [-0.3, -0.25) is 4.79 Å². The highest BCUT2D eigenvalue weighted by Gasteiger charge is 2.46. The van der Waals surface area contributed by atoms with Gasteiger partial charge in [0.1, 0.15) is 17.9 Å². The van der Waals surface area contributed by atoms with Gasteiger partial charge in [-0.05, 0) is 77.2 Å². The van der Waals surface area contributed by atoms with E-state index in [1.165, 1.54) is 28.8 Å². The molecule has 1 amide bonds. The molecule has 1 aromatic carbocycles. The predicted molar refractivity (Wildman–Crippen MR) is 182 cm³/mol. The number of benzene rings is 1. The van der Waals surface area contributed by atoms with Gasteiger partial charge in [-0.2, -0.15) is 17.4 Å². The molecule has 4 saturated heterocycles. The molecule has 0 saturated carbocycles. The molecular weight excluding hydrogens is 653 g/mol. The smallest absolute Gasteiger partial charge is 0.279 e. The van der Waals surface area contributed by atoms with Crippen molar-refractivity contribution in [2.75, 3.05) is 71.0 Å². The third-order valence-corrected chi connectivity index (χ3v) is 12.1. The Morgan fingerprint density at radius 3 is 2.59 bits per heavy atom. The summed E-state index contributed by atoms with van der Waals surface area (Å²) < 4.78 is 61.3. The lowest BCUT2D eigenvalue weighted by atomic mass is 9.72. The summed E-state index contributed by atoms with van der Waals surface area (Å²) in [7, 11) is -1.91. The first-order valence-electron chi connectivity index (χ1n) is 17.5. The highest BCUT2D eigenvalue weighted by atomic mass is 32.2. The summed E-state index contributed by atoms with van der Waals surface area (Å²) in [6.07, 6.45) is 7.61. The van der Waals surface area contributed by atoms with Gasteiger partial charge >= 0.3 is 0 Å². The van der Waals surface area contributed by atoms with E-state index in [1.807, 2.05) is 20.8 Å². The van der Waals surface area contributed by atoms with Crippen LogP contribution in [-0.4, -0.2) is 129 Å². The third-order valence-electron chi connectivity index (χ3n) is 10.4. The van der Waals surface area contributed by atoms with Crippen LogP contribution < -0.4 is 14.4 Å². The van der Waals surface area contributed by atoms with Crippen LogP contribution in [0.1, 0.15) is 63.2 Å². The topological polar surface area (TPSA) is 130 Å². The molecule has 2 aromatic rings. The maximum Gasteiger partial charge on any atom is 0.279 e. The zero-order valence-electron chi connectivity index (χ0n) is 29.0. The molecule has 5 heterocycles. The van der Waals surface area contributed by atoms with Gasteiger partial charge in [0.25, 0.3) is 16.1 Å². The van der Waals surface area contributed by atoms with E-state index in [-0.39, 0.29) is 46.9 Å². The summed E-state index contributed by atoms with van der Waals surface area (Å²) in [4.78, 5) is 29.0. The Kier molecular flexibility index (Phi) is 11.1. The zero-order chi connectivity index (χ0) is 34.8. The minimum atomic E-state index is -3.48. The molecule has 0 radical (unpaired) electrons. The fourth-order valence-corrected chi connectivity index (χ4v) is 8.57. The maximum atomic E-state index is 14.5. The van der Waals surface area contributed by atoms with Crippen molar-refractivity contribution in [3.05, 3.63) is 42.1 Å². The average molecular weight is 704 g/mol. The van der Waals surface area contributed by atoms with Crippen molar-refractivity contribution in [3.8, 4) is 11.5 Å². The Bertz CT molecular complexity index is 1550. The van der Waals surface area contributed by atoms with E-state index in [0.29, 0.717) is 37.9 Å². The molecule has 1 spiro atoms. The molecule has 13 nitrogen and oxygen atoms in total. The van der Waals surface area contributed by atoms with Crippen molar-refractivity contribution in [1.29, 1.82) is 0 Å². The van der Waals surface area contributed by atoms with Crippen LogP contribution >= 0.6 is 0 Å². The van der Waals surface area contributed by atoms with Crippen molar-refractivity contribution >= 4 is 21.9 Å². The molecule has 0 aliphatic carbocycles. The number of piperidine rings is 1. The van der Waals surface area contributed by atoms with Crippen LogP contribution in [0.5, 0.6) is 11.5 Å². The molecular formula is C34H50FN7O6S. The molecule has 4 fully saturated rings. The van der Waals surface area contributed by atoms with Gasteiger partial charge < -0.3 is 28.9 Å². The molecule has 1 N–H and O–H groups in total. The first-order chi connectivity index (χ1) is 23.5. The molecule has 0 unspecified atom stereocenters. The number of carbonyl (C=O) groups excluding carboxylic acids is 1. The average Bonchev–Trinajstić information content (AvgIpc) is 3.60. The van der Waals surface area contributed by atoms with Gasteiger partial charge in [-0.25, -0.2) is 14.4 Å². The Hall–Kier alpha value is -2.95. The molecule has 4 aliphatic heterocycles. The van der Waals surface area contributed by atoms with E-state index >= 15 is 0 Å². The van der Waals surface area contributed by atoms with Gasteiger partial charge in [-0.1, -0.05) is 6.92 Å². The molecule has 270 valence electrons. The molecule has 0 bridgehead atoms. The van der Waals surface area contributed by atoms with Gasteiger partial charge in [0.05, 0.1) is 37.1 Å². The number of aromatic nitrogens is 2. The number of hydrogen-bond donors (Lipinski definition) is 1. The van der Waals surface area contributed by atoms with E-state index in [2.05, 4.69) is 24.5 Å². The Morgan fingerprint density at radius 2 is 1.94 bits per heavy atom. The van der Waals surface area contributed by atoms with E-state index in [0.717, 1.165) is 64.8 Å². The second-order valence-electron chi connectivity index (χ2n) is 14.2. The van der Waals surface area contributed by atoms with E-state index in [4.69, 9.17) is 14.2 Å². The molecule has 3 atom stereocenters.